The van der Waals surface area contributed by atoms with Gasteiger partial charge in [-0.1, -0.05) is 48.5 Å². The molecule has 0 aromatic heterocycles. The van der Waals surface area contributed by atoms with Crippen molar-refractivity contribution in [3.8, 4) is 11.1 Å². The minimum atomic E-state index is -0.931. The molecule has 3 aromatic rings. The van der Waals surface area contributed by atoms with Crippen molar-refractivity contribution in [3.05, 3.63) is 89.5 Å². The molecule has 0 unspecified atom stereocenters. The number of carboxylic acid groups (broad SMARTS) is 2. The topological polar surface area (TPSA) is 101 Å². The lowest BCUT2D eigenvalue weighted by molar-refractivity contribution is -0.137. The highest BCUT2D eigenvalue weighted by Gasteiger charge is 2.27. The predicted molar refractivity (Wildman–Crippen MR) is 113 cm³/mol. The summed E-state index contributed by atoms with van der Waals surface area (Å²) >= 11 is 0. The molecule has 3 aromatic carbocycles. The molecule has 5 heteroatoms. The molecule has 0 radical (unpaired) electrons. The molecule has 0 amide bonds. The lowest BCUT2D eigenvalue weighted by Gasteiger charge is -2.12. The second kappa shape index (κ2) is 9.06. The molecule has 0 saturated heterocycles. The molecule has 0 atom stereocenters. The fraction of sp³-hybridized carbons (Fsp3) is 0.167. The monoisotopic (exact) mass is 389 g/mol. The Hall–Kier alpha value is -3.60. The largest absolute Gasteiger partial charge is 0.481 e. The van der Waals surface area contributed by atoms with Gasteiger partial charge in [0.15, 0.2) is 0 Å². The van der Waals surface area contributed by atoms with Gasteiger partial charge in [-0.2, -0.15) is 0 Å². The molecular weight excluding hydrogens is 366 g/mol. The van der Waals surface area contributed by atoms with Crippen LogP contribution in [-0.2, 0) is 4.79 Å². The van der Waals surface area contributed by atoms with Crippen LogP contribution < -0.4 is 5.73 Å². The summed E-state index contributed by atoms with van der Waals surface area (Å²) in [5.74, 6) is -1.29. The van der Waals surface area contributed by atoms with Gasteiger partial charge in [0.2, 0.25) is 0 Å². The van der Waals surface area contributed by atoms with E-state index in [-0.39, 0.29) is 12.0 Å². The number of nitrogens with two attached hydrogens (primary N) is 1. The Morgan fingerprint density at radius 1 is 0.793 bits per heavy atom. The molecular formula is C24H23NO4. The number of carboxylic acids is 2. The molecule has 148 valence electrons. The number of nitrogen functional groups attached to an aromatic ring is 1. The third-order valence-corrected chi connectivity index (χ3v) is 5.00. The summed E-state index contributed by atoms with van der Waals surface area (Å²) in [4.78, 5) is 20.9. The molecule has 0 aliphatic heterocycles. The zero-order chi connectivity index (χ0) is 20.8. The Balaban J connectivity index is 0.000000204. The van der Waals surface area contributed by atoms with E-state index in [0.717, 1.165) is 12.8 Å². The van der Waals surface area contributed by atoms with Crippen molar-refractivity contribution in [2.75, 3.05) is 5.73 Å². The van der Waals surface area contributed by atoms with Gasteiger partial charge in [0.1, 0.15) is 0 Å². The van der Waals surface area contributed by atoms with Crippen LogP contribution in [0.15, 0.2) is 72.8 Å². The zero-order valence-corrected chi connectivity index (χ0v) is 15.9. The molecule has 1 aliphatic rings. The van der Waals surface area contributed by atoms with Gasteiger partial charge in [-0.15, -0.1) is 0 Å². The number of aliphatic carboxylic acids is 1. The average Bonchev–Trinajstić information content (AvgIpc) is 3.03. The summed E-state index contributed by atoms with van der Waals surface area (Å²) < 4.78 is 0. The third-order valence-electron chi connectivity index (χ3n) is 5.00. The Morgan fingerprint density at radius 3 is 1.79 bits per heavy atom. The van der Waals surface area contributed by atoms with Crippen LogP contribution in [0.3, 0.4) is 0 Å². The molecule has 0 bridgehead atoms. The van der Waals surface area contributed by atoms with E-state index in [1.165, 1.54) is 34.4 Å². The maximum absolute atomic E-state index is 10.7. The Bertz CT molecular complexity index is 966. The van der Waals surface area contributed by atoms with Crippen molar-refractivity contribution < 1.29 is 19.8 Å². The van der Waals surface area contributed by atoms with E-state index in [1.807, 2.05) is 0 Å². The Kier molecular flexibility index (Phi) is 6.29. The molecule has 4 N–H and O–H groups in total. The maximum atomic E-state index is 10.7. The third kappa shape index (κ3) is 4.82. The molecule has 1 aliphatic carbocycles. The van der Waals surface area contributed by atoms with Gasteiger partial charge in [0.05, 0.1) is 5.56 Å². The number of hydrogen-bond donors (Lipinski definition) is 3. The van der Waals surface area contributed by atoms with E-state index in [9.17, 15) is 9.59 Å². The van der Waals surface area contributed by atoms with Crippen molar-refractivity contribution in [3.63, 3.8) is 0 Å². The van der Waals surface area contributed by atoms with Gasteiger partial charge in [0.25, 0.3) is 0 Å². The molecule has 0 fully saturated rings. The van der Waals surface area contributed by atoms with Crippen LogP contribution in [0, 0.1) is 0 Å². The minimum Gasteiger partial charge on any atom is -0.481 e. The van der Waals surface area contributed by atoms with Crippen molar-refractivity contribution in [2.45, 2.75) is 25.2 Å². The first-order valence-corrected chi connectivity index (χ1v) is 9.46. The summed E-state index contributed by atoms with van der Waals surface area (Å²) in [6.45, 7) is 0. The molecule has 0 heterocycles. The molecule has 29 heavy (non-hydrogen) atoms. The first kappa shape index (κ1) is 20.1. The summed E-state index contributed by atoms with van der Waals surface area (Å²) in [6, 6.07) is 23.0. The van der Waals surface area contributed by atoms with E-state index in [0.29, 0.717) is 11.6 Å². The van der Waals surface area contributed by atoms with Crippen LogP contribution in [0.1, 0.15) is 46.7 Å². The van der Waals surface area contributed by atoms with Gasteiger partial charge >= 0.3 is 11.9 Å². The van der Waals surface area contributed by atoms with E-state index in [2.05, 4.69) is 48.5 Å². The molecule has 4 rings (SSSR count). The first-order valence-electron chi connectivity index (χ1n) is 9.46. The van der Waals surface area contributed by atoms with E-state index in [1.54, 1.807) is 12.1 Å². The summed E-state index contributed by atoms with van der Waals surface area (Å²) in [5, 5.41) is 17.2. The smallest absolute Gasteiger partial charge is 0.335 e. The predicted octanol–water partition coefficient (Wildman–Crippen LogP) is 5.02. The molecule has 0 spiro atoms. The quantitative estimate of drug-likeness (QED) is 0.532. The van der Waals surface area contributed by atoms with Crippen LogP contribution >= 0.6 is 0 Å². The Morgan fingerprint density at radius 2 is 1.31 bits per heavy atom. The number of rotatable bonds is 5. The van der Waals surface area contributed by atoms with E-state index >= 15 is 0 Å². The summed E-state index contributed by atoms with van der Waals surface area (Å²) in [5.41, 5.74) is 11.5. The lowest BCUT2D eigenvalue weighted by atomic mass is 9.91. The summed E-state index contributed by atoms with van der Waals surface area (Å²) in [7, 11) is 0. The van der Waals surface area contributed by atoms with Gasteiger partial charge in [-0.3, -0.25) is 4.79 Å². The number of fused-ring (bicyclic) bond motifs is 3. The first-order chi connectivity index (χ1) is 14.0. The van der Waals surface area contributed by atoms with Crippen molar-refractivity contribution >= 4 is 17.6 Å². The SMILES string of the molecule is Nc1ccc(C(=O)O)cc1.O=C(O)CCCC1c2ccccc2-c2ccccc21. The number of benzene rings is 3. The lowest BCUT2D eigenvalue weighted by Crippen LogP contribution is -2.00. The number of carbonyl (C=O) groups is 2. The van der Waals surface area contributed by atoms with Crippen LogP contribution in [-0.4, -0.2) is 22.2 Å². The highest BCUT2D eigenvalue weighted by atomic mass is 16.4. The van der Waals surface area contributed by atoms with E-state index in [4.69, 9.17) is 15.9 Å². The minimum absolute atomic E-state index is 0.251. The van der Waals surface area contributed by atoms with Crippen LogP contribution in [0.2, 0.25) is 0 Å². The van der Waals surface area contributed by atoms with Crippen molar-refractivity contribution in [1.82, 2.24) is 0 Å². The zero-order valence-electron chi connectivity index (χ0n) is 15.9. The Labute approximate surface area is 169 Å². The number of aromatic carboxylic acids is 1. The van der Waals surface area contributed by atoms with Crippen molar-refractivity contribution in [1.29, 1.82) is 0 Å². The normalized spacial score (nSPS) is 11.7. The number of hydrogen-bond acceptors (Lipinski definition) is 3. The summed E-state index contributed by atoms with van der Waals surface area (Å²) in [6.07, 6.45) is 1.88. The fourth-order valence-corrected chi connectivity index (χ4v) is 3.65. The van der Waals surface area contributed by atoms with Gasteiger partial charge in [-0.05, 0) is 59.4 Å². The molecule has 5 nitrogen and oxygen atoms in total. The highest BCUT2D eigenvalue weighted by molar-refractivity contribution is 5.87. The van der Waals surface area contributed by atoms with Crippen LogP contribution in [0.4, 0.5) is 5.69 Å². The van der Waals surface area contributed by atoms with Gasteiger partial charge in [-0.25, -0.2) is 4.79 Å². The van der Waals surface area contributed by atoms with Gasteiger partial charge in [0, 0.05) is 18.0 Å². The van der Waals surface area contributed by atoms with Crippen LogP contribution in [0.5, 0.6) is 0 Å². The maximum Gasteiger partial charge on any atom is 0.335 e. The average molecular weight is 389 g/mol. The van der Waals surface area contributed by atoms with E-state index < -0.39 is 11.9 Å². The number of anilines is 1. The van der Waals surface area contributed by atoms with Crippen LogP contribution in [0.25, 0.3) is 11.1 Å². The highest BCUT2D eigenvalue weighted by Crippen LogP contribution is 2.46. The standard InChI is InChI=1S/C17H16O2.C7H7NO2/c18-17(19)11-5-10-16-14-8-3-1-6-12(14)13-7-2-4-9-15(13)16;8-6-3-1-5(2-4-6)7(9)10/h1-4,6-9,16H,5,10-11H2,(H,18,19);1-4H,8H2,(H,9,10). The van der Waals surface area contributed by atoms with Crippen molar-refractivity contribution in [2.24, 2.45) is 0 Å². The fourth-order valence-electron chi connectivity index (χ4n) is 3.65. The van der Waals surface area contributed by atoms with Gasteiger partial charge < -0.3 is 15.9 Å². The second-order valence-electron chi connectivity index (χ2n) is 6.94. The second-order valence-corrected chi connectivity index (χ2v) is 6.94. The molecule has 0 saturated carbocycles.